The molecule has 8 heteroatoms. The second kappa shape index (κ2) is 8.27. The third-order valence-corrected chi connectivity index (χ3v) is 3.88. The normalized spacial score (nSPS) is 17.0. The molecule has 1 aromatic carbocycles. The molecule has 0 spiro atoms. The minimum atomic E-state index is -1.06. The minimum absolute atomic E-state index is 0.0115. The smallest absolute Gasteiger partial charge is 0.307 e. The standard InChI is InChI=1S/C17H20N2O6/c1-11(25-16(20)9-12-5-3-4-6-12)17(21)18-14-8-7-13(24-2)10-15(14)19(22)23/h3,5,7-8,10-12H,4,6,9H2,1-2H3,(H,18,21)/t11-,12-/m1/s1. The van der Waals surface area contributed by atoms with Gasteiger partial charge in [-0.3, -0.25) is 19.7 Å². The molecule has 2 atom stereocenters. The first-order valence-corrected chi connectivity index (χ1v) is 7.90. The minimum Gasteiger partial charge on any atom is -0.496 e. The fourth-order valence-electron chi connectivity index (χ4n) is 2.51. The first-order valence-electron chi connectivity index (χ1n) is 7.90. The van der Waals surface area contributed by atoms with Gasteiger partial charge in [0, 0.05) is 0 Å². The number of benzene rings is 1. The summed E-state index contributed by atoms with van der Waals surface area (Å²) in [6.07, 6.45) is 4.98. The molecule has 0 saturated heterocycles. The molecule has 0 radical (unpaired) electrons. The van der Waals surface area contributed by atoms with E-state index in [-0.39, 0.29) is 23.7 Å². The summed E-state index contributed by atoms with van der Waals surface area (Å²) in [5, 5.41) is 13.5. The molecule has 0 fully saturated rings. The molecule has 0 unspecified atom stereocenters. The predicted octanol–water partition coefficient (Wildman–Crippen LogP) is 2.83. The lowest BCUT2D eigenvalue weighted by Gasteiger charge is -2.15. The Balaban J connectivity index is 1.97. The van der Waals surface area contributed by atoms with Gasteiger partial charge in [-0.2, -0.15) is 0 Å². The van der Waals surface area contributed by atoms with Crippen LogP contribution >= 0.6 is 0 Å². The fourth-order valence-corrected chi connectivity index (χ4v) is 2.51. The van der Waals surface area contributed by atoms with E-state index in [2.05, 4.69) is 5.32 Å². The molecule has 1 aromatic rings. The summed E-state index contributed by atoms with van der Waals surface area (Å²) in [4.78, 5) is 34.5. The molecule has 0 aliphatic heterocycles. The molecule has 0 aromatic heterocycles. The van der Waals surface area contributed by atoms with Crippen LogP contribution in [0.3, 0.4) is 0 Å². The van der Waals surface area contributed by atoms with Gasteiger partial charge in [-0.25, -0.2) is 0 Å². The zero-order chi connectivity index (χ0) is 18.4. The number of rotatable bonds is 7. The largest absolute Gasteiger partial charge is 0.496 e. The van der Waals surface area contributed by atoms with Crippen molar-refractivity contribution in [2.24, 2.45) is 5.92 Å². The van der Waals surface area contributed by atoms with E-state index in [4.69, 9.17) is 9.47 Å². The number of nitrogens with zero attached hydrogens (tertiary/aromatic N) is 1. The van der Waals surface area contributed by atoms with Crippen molar-refractivity contribution in [1.82, 2.24) is 0 Å². The van der Waals surface area contributed by atoms with E-state index in [9.17, 15) is 19.7 Å². The van der Waals surface area contributed by atoms with Crippen molar-refractivity contribution in [2.75, 3.05) is 12.4 Å². The molecule has 1 aliphatic carbocycles. The zero-order valence-electron chi connectivity index (χ0n) is 14.1. The van der Waals surface area contributed by atoms with E-state index in [1.54, 1.807) is 0 Å². The number of methoxy groups -OCH3 is 1. The van der Waals surface area contributed by atoms with Gasteiger partial charge in [-0.1, -0.05) is 12.2 Å². The van der Waals surface area contributed by atoms with Gasteiger partial charge in [0.25, 0.3) is 11.6 Å². The van der Waals surface area contributed by atoms with Gasteiger partial charge in [0.2, 0.25) is 0 Å². The average Bonchev–Trinajstić information content (AvgIpc) is 3.07. The molecule has 2 rings (SSSR count). The lowest BCUT2D eigenvalue weighted by atomic mass is 10.1. The number of anilines is 1. The van der Waals surface area contributed by atoms with Crippen molar-refractivity contribution in [3.8, 4) is 5.75 Å². The molecular formula is C17H20N2O6. The summed E-state index contributed by atoms with van der Waals surface area (Å²) in [5.74, 6) is -0.661. The van der Waals surface area contributed by atoms with Gasteiger partial charge in [0.05, 0.1) is 24.5 Å². The van der Waals surface area contributed by atoms with Gasteiger partial charge in [0.15, 0.2) is 6.10 Å². The Hall–Kier alpha value is -2.90. The Morgan fingerprint density at radius 2 is 2.20 bits per heavy atom. The lowest BCUT2D eigenvalue weighted by Crippen LogP contribution is -2.30. The Bertz CT molecular complexity index is 700. The molecule has 0 saturated carbocycles. The number of carbonyl (C=O) groups is 2. The molecule has 0 heterocycles. The van der Waals surface area contributed by atoms with Crippen molar-refractivity contribution in [1.29, 1.82) is 0 Å². The van der Waals surface area contributed by atoms with Gasteiger partial charge >= 0.3 is 5.97 Å². The SMILES string of the molecule is COc1ccc(NC(=O)[C@@H](C)OC(=O)C[C@@H]2C=CCC2)c([N+](=O)[O-])c1. The number of nitro benzene ring substituents is 1. The maximum Gasteiger partial charge on any atom is 0.307 e. The van der Waals surface area contributed by atoms with Crippen LogP contribution in [0, 0.1) is 16.0 Å². The first kappa shape index (κ1) is 18.4. The van der Waals surface area contributed by atoms with E-state index in [0.717, 1.165) is 12.8 Å². The maximum absolute atomic E-state index is 12.2. The highest BCUT2D eigenvalue weighted by molar-refractivity contribution is 5.97. The number of esters is 1. The van der Waals surface area contributed by atoms with Crippen molar-refractivity contribution in [3.63, 3.8) is 0 Å². The second-order valence-corrected chi connectivity index (χ2v) is 5.73. The Morgan fingerprint density at radius 1 is 1.44 bits per heavy atom. The summed E-state index contributed by atoms with van der Waals surface area (Å²) < 4.78 is 10.0. The van der Waals surface area contributed by atoms with Crippen LogP contribution in [-0.4, -0.2) is 30.0 Å². The molecule has 0 bridgehead atoms. The zero-order valence-corrected chi connectivity index (χ0v) is 14.1. The molecule has 25 heavy (non-hydrogen) atoms. The van der Waals surface area contributed by atoms with Crippen LogP contribution in [-0.2, 0) is 14.3 Å². The van der Waals surface area contributed by atoms with Gasteiger partial charge in [-0.05, 0) is 37.8 Å². The van der Waals surface area contributed by atoms with Crippen molar-refractivity contribution in [2.45, 2.75) is 32.3 Å². The lowest BCUT2D eigenvalue weighted by molar-refractivity contribution is -0.384. The number of hydrogen-bond donors (Lipinski definition) is 1. The van der Waals surface area contributed by atoms with E-state index in [1.807, 2.05) is 12.2 Å². The summed E-state index contributed by atoms with van der Waals surface area (Å²) >= 11 is 0. The number of ether oxygens (including phenoxy) is 2. The maximum atomic E-state index is 12.2. The number of hydrogen-bond acceptors (Lipinski definition) is 6. The van der Waals surface area contributed by atoms with E-state index < -0.39 is 22.9 Å². The fraction of sp³-hybridized carbons (Fsp3) is 0.412. The Kier molecular flexibility index (Phi) is 6.10. The summed E-state index contributed by atoms with van der Waals surface area (Å²) in [5.41, 5.74) is -0.292. The highest BCUT2D eigenvalue weighted by Gasteiger charge is 2.23. The van der Waals surface area contributed by atoms with Crippen LogP contribution in [0.15, 0.2) is 30.4 Å². The van der Waals surface area contributed by atoms with Crippen LogP contribution in [0.2, 0.25) is 0 Å². The van der Waals surface area contributed by atoms with Crippen LogP contribution in [0.25, 0.3) is 0 Å². The van der Waals surface area contributed by atoms with E-state index in [1.165, 1.54) is 32.2 Å². The Labute approximate surface area is 145 Å². The predicted molar refractivity (Wildman–Crippen MR) is 90.3 cm³/mol. The second-order valence-electron chi connectivity index (χ2n) is 5.73. The van der Waals surface area contributed by atoms with Crippen molar-refractivity contribution in [3.05, 3.63) is 40.5 Å². The summed E-state index contributed by atoms with van der Waals surface area (Å²) in [6, 6.07) is 4.07. The molecule has 8 nitrogen and oxygen atoms in total. The van der Waals surface area contributed by atoms with Crippen LogP contribution < -0.4 is 10.1 Å². The van der Waals surface area contributed by atoms with Gasteiger partial charge in [-0.15, -0.1) is 0 Å². The summed E-state index contributed by atoms with van der Waals surface area (Å²) in [7, 11) is 1.39. The third-order valence-electron chi connectivity index (χ3n) is 3.88. The van der Waals surface area contributed by atoms with Crippen molar-refractivity contribution >= 4 is 23.3 Å². The van der Waals surface area contributed by atoms with E-state index in [0.29, 0.717) is 5.75 Å². The summed E-state index contributed by atoms with van der Waals surface area (Å²) in [6.45, 7) is 1.42. The van der Waals surface area contributed by atoms with Gasteiger partial charge in [0.1, 0.15) is 11.4 Å². The highest BCUT2D eigenvalue weighted by Crippen LogP contribution is 2.29. The van der Waals surface area contributed by atoms with E-state index >= 15 is 0 Å². The first-order chi connectivity index (χ1) is 11.9. The molecule has 1 N–H and O–H groups in total. The van der Waals surface area contributed by atoms with Gasteiger partial charge < -0.3 is 14.8 Å². The van der Waals surface area contributed by atoms with Crippen molar-refractivity contribution < 1.29 is 24.0 Å². The number of amides is 1. The third kappa shape index (κ3) is 5.03. The molecule has 1 amide bonds. The van der Waals surface area contributed by atoms with Crippen LogP contribution in [0.4, 0.5) is 11.4 Å². The molecular weight excluding hydrogens is 328 g/mol. The highest BCUT2D eigenvalue weighted by atomic mass is 16.6. The number of carbonyl (C=O) groups excluding carboxylic acids is 2. The topological polar surface area (TPSA) is 108 Å². The number of nitrogens with one attached hydrogen (secondary N) is 1. The number of nitro groups is 1. The quantitative estimate of drug-likeness (QED) is 0.351. The van der Waals surface area contributed by atoms with Crippen LogP contribution in [0.5, 0.6) is 5.75 Å². The number of allylic oxidation sites excluding steroid dienone is 2. The molecule has 1 aliphatic rings. The Morgan fingerprint density at radius 3 is 2.80 bits per heavy atom. The van der Waals surface area contributed by atoms with Crippen LogP contribution in [0.1, 0.15) is 26.2 Å². The monoisotopic (exact) mass is 348 g/mol. The molecule has 134 valence electrons. The average molecular weight is 348 g/mol.